The van der Waals surface area contributed by atoms with Crippen molar-refractivity contribution in [3.8, 4) is 17.2 Å². The first-order valence-corrected chi connectivity index (χ1v) is 12.4. The average molecular weight is 522 g/mol. The number of benzene rings is 3. The summed E-state index contributed by atoms with van der Waals surface area (Å²) in [6.45, 7) is 2.71. The molecule has 0 spiro atoms. The number of Topliss-reactive ketones (excluding diaryl/α,β-unsaturated/α-hetero) is 1. The van der Waals surface area contributed by atoms with Crippen LogP contribution in [0.15, 0.2) is 72.3 Å². The molecule has 2 N–H and O–H groups in total. The lowest BCUT2D eigenvalue weighted by atomic mass is 9.95. The van der Waals surface area contributed by atoms with Gasteiger partial charge in [-0.2, -0.15) is 0 Å². The molecule has 0 saturated carbocycles. The van der Waals surface area contributed by atoms with Gasteiger partial charge in [-0.15, -0.1) is 0 Å². The molecule has 0 aliphatic carbocycles. The normalized spacial score (nSPS) is 16.7. The smallest absolute Gasteiger partial charge is 0.300 e. The minimum Gasteiger partial charge on any atom is -0.508 e. The molecule has 1 aliphatic rings. The molecular weight excluding hydrogens is 494 g/mol. The number of rotatable bonds is 9. The number of hydrogen-bond acceptors (Lipinski definition) is 6. The Hall–Kier alpha value is -3.97. The minimum atomic E-state index is -0.999. The van der Waals surface area contributed by atoms with Gasteiger partial charge in [-0.05, 0) is 66.6 Å². The number of aliphatic hydroxyl groups excluding tert-OH is 1. The van der Waals surface area contributed by atoms with Gasteiger partial charge in [0.25, 0.3) is 11.7 Å². The van der Waals surface area contributed by atoms with Crippen molar-refractivity contribution in [2.45, 2.75) is 32.2 Å². The highest BCUT2D eigenvalue weighted by Crippen LogP contribution is 2.44. The quantitative estimate of drug-likeness (QED) is 0.149. The van der Waals surface area contributed by atoms with Gasteiger partial charge in [0.05, 0.1) is 30.4 Å². The molecule has 1 saturated heterocycles. The molecule has 1 unspecified atom stereocenters. The summed E-state index contributed by atoms with van der Waals surface area (Å²) in [5, 5.41) is 21.7. The molecule has 1 fully saturated rings. The number of halogens is 1. The Balaban J connectivity index is 1.77. The third kappa shape index (κ3) is 5.42. The number of ketones is 1. The highest BCUT2D eigenvalue weighted by molar-refractivity contribution is 6.51. The van der Waals surface area contributed by atoms with E-state index in [1.165, 1.54) is 30.2 Å². The third-order valence-corrected chi connectivity index (χ3v) is 6.48. The summed E-state index contributed by atoms with van der Waals surface area (Å²) in [5.41, 5.74) is 1.05. The van der Waals surface area contributed by atoms with Gasteiger partial charge in [-0.1, -0.05) is 43.5 Å². The minimum absolute atomic E-state index is 0.0413. The zero-order valence-corrected chi connectivity index (χ0v) is 21.4. The number of nitrogens with zero attached hydrogens (tertiary/aromatic N) is 1. The number of aliphatic hydroxyl groups is 1. The molecular formula is C29H28ClNO6. The van der Waals surface area contributed by atoms with Gasteiger partial charge in [-0.25, -0.2) is 0 Å². The van der Waals surface area contributed by atoms with Gasteiger partial charge >= 0.3 is 0 Å². The second-order valence-electron chi connectivity index (χ2n) is 8.66. The van der Waals surface area contributed by atoms with Crippen molar-refractivity contribution in [2.24, 2.45) is 0 Å². The topological polar surface area (TPSA) is 96.3 Å². The van der Waals surface area contributed by atoms with Crippen LogP contribution in [-0.4, -0.2) is 35.6 Å². The summed E-state index contributed by atoms with van der Waals surface area (Å²) in [6, 6.07) is 16.6. The largest absolute Gasteiger partial charge is 0.508 e. The van der Waals surface area contributed by atoms with E-state index < -0.39 is 17.7 Å². The van der Waals surface area contributed by atoms with E-state index in [2.05, 4.69) is 6.92 Å². The summed E-state index contributed by atoms with van der Waals surface area (Å²) >= 11 is 6.31. The molecule has 1 atom stereocenters. The number of anilines is 1. The molecule has 3 aromatic rings. The summed E-state index contributed by atoms with van der Waals surface area (Å²) in [5.74, 6) is -0.991. The van der Waals surface area contributed by atoms with Crippen LogP contribution in [0.4, 0.5) is 5.69 Å². The highest BCUT2D eigenvalue weighted by atomic mass is 35.5. The summed E-state index contributed by atoms with van der Waals surface area (Å²) < 4.78 is 10.9. The molecule has 192 valence electrons. The van der Waals surface area contributed by atoms with Gasteiger partial charge < -0.3 is 19.7 Å². The fraction of sp³-hybridized carbons (Fsp3) is 0.241. The third-order valence-electron chi connectivity index (χ3n) is 6.19. The Morgan fingerprint density at radius 2 is 1.78 bits per heavy atom. The molecule has 4 rings (SSSR count). The first-order valence-electron chi connectivity index (χ1n) is 12.0. The second-order valence-corrected chi connectivity index (χ2v) is 9.07. The molecule has 7 nitrogen and oxygen atoms in total. The van der Waals surface area contributed by atoms with Crippen LogP contribution in [0.25, 0.3) is 5.76 Å². The molecule has 0 bridgehead atoms. The van der Waals surface area contributed by atoms with Crippen LogP contribution >= 0.6 is 11.6 Å². The molecule has 8 heteroatoms. The van der Waals surface area contributed by atoms with Crippen LogP contribution in [0.1, 0.15) is 43.4 Å². The van der Waals surface area contributed by atoms with Crippen molar-refractivity contribution in [3.05, 3.63) is 88.5 Å². The molecule has 0 radical (unpaired) electrons. The predicted octanol–water partition coefficient (Wildman–Crippen LogP) is 6.25. The monoisotopic (exact) mass is 521 g/mol. The Labute approximate surface area is 220 Å². The van der Waals surface area contributed by atoms with Crippen molar-refractivity contribution in [2.75, 3.05) is 18.6 Å². The van der Waals surface area contributed by atoms with Crippen LogP contribution in [0.3, 0.4) is 0 Å². The van der Waals surface area contributed by atoms with Crippen molar-refractivity contribution >= 4 is 34.7 Å². The maximum absolute atomic E-state index is 13.3. The lowest BCUT2D eigenvalue weighted by Gasteiger charge is -2.26. The van der Waals surface area contributed by atoms with Gasteiger partial charge in [0, 0.05) is 11.3 Å². The van der Waals surface area contributed by atoms with Crippen LogP contribution < -0.4 is 14.4 Å². The van der Waals surface area contributed by atoms with Crippen molar-refractivity contribution in [1.82, 2.24) is 0 Å². The number of ether oxygens (including phenoxy) is 2. The van der Waals surface area contributed by atoms with Gasteiger partial charge in [0.2, 0.25) is 0 Å². The lowest BCUT2D eigenvalue weighted by Crippen LogP contribution is -2.29. The molecule has 37 heavy (non-hydrogen) atoms. The van der Waals surface area contributed by atoms with E-state index in [1.807, 2.05) is 0 Å². The van der Waals surface area contributed by atoms with Gasteiger partial charge in [0.1, 0.15) is 23.0 Å². The van der Waals surface area contributed by atoms with E-state index in [-0.39, 0.29) is 22.1 Å². The molecule has 1 heterocycles. The zero-order valence-electron chi connectivity index (χ0n) is 20.6. The van der Waals surface area contributed by atoms with E-state index in [1.54, 1.807) is 48.5 Å². The lowest BCUT2D eigenvalue weighted by molar-refractivity contribution is -0.132. The van der Waals surface area contributed by atoms with E-state index in [0.717, 1.165) is 19.3 Å². The Kier molecular flexibility index (Phi) is 8.04. The average Bonchev–Trinajstić information content (AvgIpc) is 3.16. The van der Waals surface area contributed by atoms with E-state index >= 15 is 0 Å². The molecule has 1 amide bonds. The zero-order chi connectivity index (χ0) is 26.5. The Morgan fingerprint density at radius 3 is 2.43 bits per heavy atom. The first-order chi connectivity index (χ1) is 17.8. The number of phenolic OH excluding ortho intramolecular Hbond substituents is 1. The van der Waals surface area contributed by atoms with E-state index in [4.69, 9.17) is 21.1 Å². The van der Waals surface area contributed by atoms with Crippen molar-refractivity contribution in [1.29, 1.82) is 0 Å². The first kappa shape index (κ1) is 26.1. The molecule has 0 aromatic heterocycles. The number of carbonyl (C=O) groups is 2. The van der Waals surface area contributed by atoms with Crippen molar-refractivity contribution in [3.63, 3.8) is 0 Å². The summed E-state index contributed by atoms with van der Waals surface area (Å²) in [7, 11) is 1.47. The van der Waals surface area contributed by atoms with Gasteiger partial charge in [-0.3, -0.25) is 14.5 Å². The maximum atomic E-state index is 13.3. The number of carbonyl (C=O) groups excluding carboxylic acids is 2. The van der Waals surface area contributed by atoms with Crippen molar-refractivity contribution < 1.29 is 29.3 Å². The second kappa shape index (κ2) is 11.4. The van der Waals surface area contributed by atoms with E-state index in [9.17, 15) is 19.8 Å². The van der Waals surface area contributed by atoms with Crippen LogP contribution in [0.5, 0.6) is 17.2 Å². The fourth-order valence-corrected chi connectivity index (χ4v) is 4.57. The number of hydrogen-bond donors (Lipinski definition) is 2. The van der Waals surface area contributed by atoms with E-state index in [0.29, 0.717) is 34.9 Å². The number of aromatic hydroxyl groups is 1. The van der Waals surface area contributed by atoms with Crippen LogP contribution in [0.2, 0.25) is 5.02 Å². The molecule has 1 aliphatic heterocycles. The Bertz CT molecular complexity index is 1330. The SMILES string of the molecule is CCCCCOc1ccc(/C(O)=C2\C(=O)C(=O)N(c3ccc(OC)c(Cl)c3)C2c2cccc(O)c2)cc1. The molecule has 3 aromatic carbocycles. The van der Waals surface area contributed by atoms with Crippen LogP contribution in [-0.2, 0) is 9.59 Å². The summed E-state index contributed by atoms with van der Waals surface area (Å²) in [4.78, 5) is 27.8. The maximum Gasteiger partial charge on any atom is 0.300 e. The fourth-order valence-electron chi connectivity index (χ4n) is 4.32. The number of methoxy groups -OCH3 is 1. The number of unbranched alkanes of at least 4 members (excludes halogenated alkanes) is 2. The summed E-state index contributed by atoms with van der Waals surface area (Å²) in [6.07, 6.45) is 3.12. The number of phenols is 1. The highest BCUT2D eigenvalue weighted by Gasteiger charge is 2.47. The standard InChI is InChI=1S/C29H28ClNO6/c1-3-4-5-15-37-22-12-9-18(10-13-22)27(33)25-26(19-7-6-8-21(32)16-19)31(29(35)28(25)34)20-11-14-24(36-2)23(30)17-20/h6-14,16-17,26,32-33H,3-5,15H2,1-2H3/b27-25+. The predicted molar refractivity (Wildman–Crippen MR) is 142 cm³/mol. The van der Waals surface area contributed by atoms with Crippen LogP contribution in [0, 0.1) is 0 Å². The Morgan fingerprint density at radius 1 is 1.03 bits per heavy atom. The number of amides is 1. The van der Waals surface area contributed by atoms with Gasteiger partial charge in [0.15, 0.2) is 0 Å².